The first-order valence-electron chi connectivity index (χ1n) is 7.02. The summed E-state index contributed by atoms with van der Waals surface area (Å²) in [5.41, 5.74) is 3.89. The number of pyridine rings is 1. The van der Waals surface area contributed by atoms with Gasteiger partial charge in [0.05, 0.1) is 5.69 Å². The van der Waals surface area contributed by atoms with Gasteiger partial charge in [-0.15, -0.1) is 0 Å². The summed E-state index contributed by atoms with van der Waals surface area (Å²) < 4.78 is 7.60. The van der Waals surface area contributed by atoms with Gasteiger partial charge in [0, 0.05) is 18.0 Å². The zero-order valence-corrected chi connectivity index (χ0v) is 12.8. The molecule has 1 unspecified atom stereocenters. The summed E-state index contributed by atoms with van der Waals surface area (Å²) >= 11 is 5.99. The van der Waals surface area contributed by atoms with Crippen molar-refractivity contribution >= 4 is 17.2 Å². The first-order chi connectivity index (χ1) is 10.2. The lowest BCUT2D eigenvalue weighted by Gasteiger charge is -2.10. The number of hydrogen-bond acceptors (Lipinski definition) is 2. The summed E-state index contributed by atoms with van der Waals surface area (Å²) in [5, 5.41) is 0. The molecule has 0 aliphatic carbocycles. The van der Waals surface area contributed by atoms with Crippen molar-refractivity contribution in [2.45, 2.75) is 25.8 Å². The molecule has 1 atom stereocenters. The Bertz CT molecular complexity index is 749. The number of alkyl halides is 1. The van der Waals surface area contributed by atoms with E-state index in [1.807, 2.05) is 48.0 Å². The Morgan fingerprint density at radius 2 is 2.00 bits per heavy atom. The molecule has 2 heterocycles. The van der Waals surface area contributed by atoms with E-state index in [1.54, 1.807) is 0 Å². The highest BCUT2D eigenvalue weighted by Gasteiger charge is 2.06. The number of imidazole rings is 1. The van der Waals surface area contributed by atoms with Crippen LogP contribution in [0.3, 0.4) is 0 Å². The van der Waals surface area contributed by atoms with Gasteiger partial charge in [-0.3, -0.25) is 0 Å². The predicted molar refractivity (Wildman–Crippen MR) is 85.9 cm³/mol. The molecule has 0 bridgehead atoms. The van der Waals surface area contributed by atoms with E-state index in [0.717, 1.165) is 29.1 Å². The van der Waals surface area contributed by atoms with Crippen LogP contribution >= 0.6 is 11.6 Å². The van der Waals surface area contributed by atoms with E-state index in [-0.39, 0.29) is 5.56 Å². The molecule has 3 aromatic rings. The van der Waals surface area contributed by atoms with Crippen LogP contribution in [0.2, 0.25) is 0 Å². The first kappa shape index (κ1) is 14.0. The number of nitrogens with zero attached hydrogens (tertiary/aromatic N) is 2. The van der Waals surface area contributed by atoms with Gasteiger partial charge in [0.15, 0.2) is 5.56 Å². The lowest BCUT2D eigenvalue weighted by molar-refractivity contribution is 0.277. The molecule has 1 aromatic carbocycles. The van der Waals surface area contributed by atoms with Crippen LogP contribution in [0.5, 0.6) is 5.75 Å². The van der Waals surface area contributed by atoms with Crippen molar-refractivity contribution in [1.29, 1.82) is 0 Å². The minimum atomic E-state index is -0.283. The minimum absolute atomic E-state index is 0.283. The lowest BCUT2D eigenvalue weighted by Crippen LogP contribution is -2.06. The molecule has 21 heavy (non-hydrogen) atoms. The van der Waals surface area contributed by atoms with Crippen LogP contribution < -0.4 is 4.74 Å². The Labute approximate surface area is 129 Å². The SMILES string of the molecule is CCC(Cl)Oc1ccc(-c2cn3ccc(C)cc3n2)cc1. The third kappa shape index (κ3) is 3.03. The molecule has 0 saturated heterocycles. The van der Waals surface area contributed by atoms with Gasteiger partial charge in [0.1, 0.15) is 11.4 Å². The number of fused-ring (bicyclic) bond motifs is 1. The van der Waals surface area contributed by atoms with E-state index >= 15 is 0 Å². The van der Waals surface area contributed by atoms with Gasteiger partial charge in [0.25, 0.3) is 0 Å². The maximum Gasteiger partial charge on any atom is 0.171 e. The average molecular weight is 301 g/mol. The van der Waals surface area contributed by atoms with Gasteiger partial charge in [-0.1, -0.05) is 18.5 Å². The van der Waals surface area contributed by atoms with Crippen molar-refractivity contribution < 1.29 is 4.74 Å². The molecule has 0 aliphatic heterocycles. The van der Waals surface area contributed by atoms with Crippen LogP contribution in [0.15, 0.2) is 48.8 Å². The molecule has 3 rings (SSSR count). The smallest absolute Gasteiger partial charge is 0.171 e. The summed E-state index contributed by atoms with van der Waals surface area (Å²) in [6, 6.07) is 12.0. The van der Waals surface area contributed by atoms with Crippen LogP contribution in [0, 0.1) is 6.92 Å². The molecular weight excluding hydrogens is 284 g/mol. The normalized spacial score (nSPS) is 12.5. The van der Waals surface area contributed by atoms with Gasteiger partial charge in [-0.05, 0) is 55.3 Å². The van der Waals surface area contributed by atoms with Crippen molar-refractivity contribution in [1.82, 2.24) is 9.38 Å². The zero-order valence-electron chi connectivity index (χ0n) is 12.1. The van der Waals surface area contributed by atoms with E-state index < -0.39 is 0 Å². The number of ether oxygens (including phenoxy) is 1. The van der Waals surface area contributed by atoms with Crippen LogP contribution in [0.4, 0.5) is 0 Å². The van der Waals surface area contributed by atoms with Crippen molar-refractivity contribution in [2.75, 3.05) is 0 Å². The van der Waals surface area contributed by atoms with E-state index in [2.05, 4.69) is 24.0 Å². The molecular formula is C17H17ClN2O. The van der Waals surface area contributed by atoms with Gasteiger partial charge in [-0.2, -0.15) is 0 Å². The first-order valence-corrected chi connectivity index (χ1v) is 7.46. The summed E-state index contributed by atoms with van der Waals surface area (Å²) in [4.78, 5) is 4.65. The maximum absolute atomic E-state index is 5.99. The Morgan fingerprint density at radius 1 is 1.24 bits per heavy atom. The highest BCUT2D eigenvalue weighted by atomic mass is 35.5. The van der Waals surface area contributed by atoms with Crippen molar-refractivity contribution in [2.24, 2.45) is 0 Å². The van der Waals surface area contributed by atoms with Gasteiger partial charge in [-0.25, -0.2) is 4.98 Å². The third-order valence-corrected chi connectivity index (χ3v) is 3.75. The second-order valence-corrected chi connectivity index (χ2v) is 5.54. The number of hydrogen-bond donors (Lipinski definition) is 0. The fourth-order valence-electron chi connectivity index (χ4n) is 2.16. The highest BCUT2D eigenvalue weighted by molar-refractivity contribution is 6.19. The van der Waals surface area contributed by atoms with Crippen LogP contribution in [-0.4, -0.2) is 14.9 Å². The number of benzene rings is 1. The molecule has 108 valence electrons. The zero-order chi connectivity index (χ0) is 14.8. The predicted octanol–water partition coefficient (Wildman–Crippen LogP) is 4.66. The molecule has 0 aliphatic rings. The quantitative estimate of drug-likeness (QED) is 0.655. The Balaban J connectivity index is 1.88. The monoisotopic (exact) mass is 300 g/mol. The topological polar surface area (TPSA) is 26.5 Å². The molecule has 0 spiro atoms. The number of aromatic nitrogens is 2. The molecule has 0 saturated carbocycles. The molecule has 4 heteroatoms. The van der Waals surface area contributed by atoms with Crippen molar-refractivity contribution in [3.8, 4) is 17.0 Å². The second kappa shape index (κ2) is 5.78. The fraction of sp³-hybridized carbons (Fsp3) is 0.235. The number of halogens is 1. The van der Waals surface area contributed by atoms with E-state index in [0.29, 0.717) is 0 Å². The molecule has 2 aromatic heterocycles. The second-order valence-electron chi connectivity index (χ2n) is 5.06. The van der Waals surface area contributed by atoms with Crippen LogP contribution in [0.1, 0.15) is 18.9 Å². The van der Waals surface area contributed by atoms with Crippen LogP contribution in [0.25, 0.3) is 16.9 Å². The minimum Gasteiger partial charge on any atom is -0.475 e. The number of rotatable bonds is 4. The van der Waals surface area contributed by atoms with Gasteiger partial charge in [0.2, 0.25) is 0 Å². The fourth-order valence-corrected chi connectivity index (χ4v) is 2.26. The summed E-state index contributed by atoms with van der Waals surface area (Å²) in [5.74, 6) is 0.778. The lowest BCUT2D eigenvalue weighted by atomic mass is 10.2. The maximum atomic E-state index is 5.99. The Morgan fingerprint density at radius 3 is 2.71 bits per heavy atom. The van der Waals surface area contributed by atoms with E-state index in [1.165, 1.54) is 5.56 Å². The molecule has 0 fully saturated rings. The van der Waals surface area contributed by atoms with Crippen molar-refractivity contribution in [3.05, 3.63) is 54.4 Å². The molecule has 3 nitrogen and oxygen atoms in total. The van der Waals surface area contributed by atoms with Gasteiger partial charge >= 0.3 is 0 Å². The van der Waals surface area contributed by atoms with Gasteiger partial charge < -0.3 is 9.14 Å². The standard InChI is InChI=1S/C17H17ClN2O/c1-3-16(18)21-14-6-4-13(5-7-14)15-11-20-9-8-12(2)10-17(20)19-15/h4-11,16H,3H2,1-2H3. The molecule has 0 radical (unpaired) electrons. The summed E-state index contributed by atoms with van der Waals surface area (Å²) in [7, 11) is 0. The Kier molecular flexibility index (Phi) is 3.84. The number of aryl methyl sites for hydroxylation is 1. The van der Waals surface area contributed by atoms with E-state index in [9.17, 15) is 0 Å². The molecule has 0 N–H and O–H groups in total. The largest absolute Gasteiger partial charge is 0.475 e. The van der Waals surface area contributed by atoms with Crippen LogP contribution in [-0.2, 0) is 0 Å². The highest BCUT2D eigenvalue weighted by Crippen LogP contribution is 2.23. The van der Waals surface area contributed by atoms with E-state index in [4.69, 9.17) is 16.3 Å². The third-order valence-electron chi connectivity index (χ3n) is 3.35. The average Bonchev–Trinajstić information content (AvgIpc) is 2.90. The summed E-state index contributed by atoms with van der Waals surface area (Å²) in [6.07, 6.45) is 4.83. The summed E-state index contributed by atoms with van der Waals surface area (Å²) in [6.45, 7) is 4.06. The Hall–Kier alpha value is -2.00. The van der Waals surface area contributed by atoms with Crippen molar-refractivity contribution in [3.63, 3.8) is 0 Å². The molecule has 0 amide bonds.